The van der Waals surface area contributed by atoms with Gasteiger partial charge < -0.3 is 9.47 Å². The molecular formula is C26H41FO2. The summed E-state index contributed by atoms with van der Waals surface area (Å²) in [5.74, 6) is 1.80. The topological polar surface area (TPSA) is 18.5 Å². The van der Waals surface area contributed by atoms with Crippen LogP contribution in [-0.4, -0.2) is 19.5 Å². The predicted octanol–water partition coefficient (Wildman–Crippen LogP) is 7.40. The zero-order chi connectivity index (χ0) is 20.5. The van der Waals surface area contributed by atoms with E-state index in [-0.39, 0.29) is 12.1 Å². The highest BCUT2D eigenvalue weighted by Gasteiger charge is 2.25. The van der Waals surface area contributed by atoms with Gasteiger partial charge in [0.25, 0.3) is 0 Å². The Bertz CT molecular complexity index is 586. The molecule has 3 heteroatoms. The third kappa shape index (κ3) is 7.07. The van der Waals surface area contributed by atoms with Crippen LogP contribution in [0.15, 0.2) is 18.2 Å². The average Bonchev–Trinajstić information content (AvgIpc) is 2.74. The van der Waals surface area contributed by atoms with E-state index in [1.54, 1.807) is 6.07 Å². The second kappa shape index (κ2) is 12.1. The molecule has 0 spiro atoms. The quantitative estimate of drug-likeness (QED) is 0.378. The van der Waals surface area contributed by atoms with Gasteiger partial charge in [0, 0.05) is 12.3 Å². The number of unbranched alkanes of at least 4 members (excludes halogenated alkanes) is 2. The summed E-state index contributed by atoms with van der Waals surface area (Å²) < 4.78 is 26.6. The van der Waals surface area contributed by atoms with E-state index in [0.717, 1.165) is 55.9 Å². The van der Waals surface area contributed by atoms with Crippen molar-refractivity contribution < 1.29 is 13.9 Å². The lowest BCUT2D eigenvalue weighted by Gasteiger charge is -2.30. The minimum absolute atomic E-state index is 0.0112. The molecule has 2 aliphatic rings. The van der Waals surface area contributed by atoms with E-state index in [1.165, 1.54) is 51.4 Å². The van der Waals surface area contributed by atoms with Crippen LogP contribution in [0.5, 0.6) is 0 Å². The highest BCUT2D eigenvalue weighted by molar-refractivity contribution is 5.28. The van der Waals surface area contributed by atoms with Crippen LogP contribution in [-0.2, 0) is 15.9 Å². The molecule has 1 aromatic carbocycles. The molecule has 0 aromatic heterocycles. The van der Waals surface area contributed by atoms with Gasteiger partial charge in [0.1, 0.15) is 5.82 Å². The lowest BCUT2D eigenvalue weighted by Crippen LogP contribution is -2.32. The number of hydrogen-bond donors (Lipinski definition) is 0. The second-order valence-corrected chi connectivity index (χ2v) is 9.36. The van der Waals surface area contributed by atoms with E-state index in [4.69, 9.17) is 9.47 Å². The fourth-order valence-corrected chi connectivity index (χ4v) is 5.11. The maximum atomic E-state index is 14.8. The minimum atomic E-state index is -0.131. The van der Waals surface area contributed by atoms with Crippen molar-refractivity contribution in [3.05, 3.63) is 35.1 Å². The number of ether oxygens (including phenoxy) is 2. The summed E-state index contributed by atoms with van der Waals surface area (Å²) >= 11 is 0. The number of benzene rings is 1. The molecule has 2 nitrogen and oxygen atoms in total. The normalized spacial score (nSPS) is 27.8. The molecular weight excluding hydrogens is 363 g/mol. The number of hydrogen-bond acceptors (Lipinski definition) is 2. The van der Waals surface area contributed by atoms with Gasteiger partial charge in [-0.05, 0) is 67.6 Å². The molecule has 2 fully saturated rings. The van der Waals surface area contributed by atoms with Crippen molar-refractivity contribution in [3.63, 3.8) is 0 Å². The molecule has 3 rings (SSSR count). The summed E-state index contributed by atoms with van der Waals surface area (Å²) in [5, 5.41) is 0. The Labute approximate surface area is 177 Å². The van der Waals surface area contributed by atoms with E-state index in [9.17, 15) is 4.39 Å². The van der Waals surface area contributed by atoms with Crippen LogP contribution in [0, 0.1) is 17.7 Å². The molecule has 164 valence electrons. The van der Waals surface area contributed by atoms with Crippen molar-refractivity contribution in [2.45, 2.75) is 103 Å². The molecule has 1 aliphatic heterocycles. The SMILES string of the molecule is CCCCCC1COC(CCc2ccc(C3CCC(CCC)CC3)c(F)c2)OC1. The van der Waals surface area contributed by atoms with Crippen molar-refractivity contribution in [1.82, 2.24) is 0 Å². The van der Waals surface area contributed by atoms with Gasteiger partial charge >= 0.3 is 0 Å². The Balaban J connectivity index is 1.41. The second-order valence-electron chi connectivity index (χ2n) is 9.36. The van der Waals surface area contributed by atoms with E-state index in [2.05, 4.69) is 19.9 Å². The molecule has 1 saturated carbocycles. The number of aryl methyl sites for hydroxylation is 1. The molecule has 1 aliphatic carbocycles. The summed E-state index contributed by atoms with van der Waals surface area (Å²) in [6, 6.07) is 5.92. The summed E-state index contributed by atoms with van der Waals surface area (Å²) in [6.07, 6.45) is 13.9. The first-order chi connectivity index (χ1) is 14.2. The maximum absolute atomic E-state index is 14.8. The van der Waals surface area contributed by atoms with E-state index in [0.29, 0.717) is 11.8 Å². The lowest BCUT2D eigenvalue weighted by atomic mass is 9.77. The van der Waals surface area contributed by atoms with Gasteiger partial charge in [-0.3, -0.25) is 0 Å². The van der Waals surface area contributed by atoms with Gasteiger partial charge in [-0.1, -0.05) is 58.1 Å². The van der Waals surface area contributed by atoms with Gasteiger partial charge in [-0.25, -0.2) is 4.39 Å². The smallest absolute Gasteiger partial charge is 0.157 e. The maximum Gasteiger partial charge on any atom is 0.157 e. The summed E-state index contributed by atoms with van der Waals surface area (Å²) in [5.41, 5.74) is 1.99. The zero-order valence-electron chi connectivity index (χ0n) is 18.6. The fourth-order valence-electron chi connectivity index (χ4n) is 5.11. The van der Waals surface area contributed by atoms with Gasteiger partial charge in [0.2, 0.25) is 0 Å². The summed E-state index contributed by atoms with van der Waals surface area (Å²) in [4.78, 5) is 0. The first kappa shape index (κ1) is 22.7. The highest BCUT2D eigenvalue weighted by atomic mass is 19.1. The Kier molecular flexibility index (Phi) is 9.45. The minimum Gasteiger partial charge on any atom is -0.352 e. The van der Waals surface area contributed by atoms with Gasteiger partial charge in [0.05, 0.1) is 13.2 Å². The first-order valence-corrected chi connectivity index (χ1v) is 12.2. The zero-order valence-corrected chi connectivity index (χ0v) is 18.6. The van der Waals surface area contributed by atoms with Crippen molar-refractivity contribution >= 4 is 0 Å². The van der Waals surface area contributed by atoms with Crippen LogP contribution in [0.1, 0.15) is 102 Å². The van der Waals surface area contributed by atoms with Gasteiger partial charge in [-0.2, -0.15) is 0 Å². The molecule has 1 aromatic rings. The van der Waals surface area contributed by atoms with E-state index < -0.39 is 0 Å². The van der Waals surface area contributed by atoms with Crippen molar-refractivity contribution in [2.24, 2.45) is 11.8 Å². The summed E-state index contributed by atoms with van der Waals surface area (Å²) in [6.45, 7) is 6.11. The van der Waals surface area contributed by atoms with Crippen LogP contribution >= 0.6 is 0 Å². The first-order valence-electron chi connectivity index (χ1n) is 12.2. The molecule has 0 amide bonds. The van der Waals surface area contributed by atoms with Crippen molar-refractivity contribution in [2.75, 3.05) is 13.2 Å². The standard InChI is InChI=1S/C26H41FO2/c1-3-5-6-8-22-18-28-26(29-19-22)16-12-21-11-15-24(25(27)17-21)23-13-9-20(7-4-2)10-14-23/h11,15,17,20,22-23,26H,3-10,12-14,16,18-19H2,1-2H3. The van der Waals surface area contributed by atoms with E-state index in [1.807, 2.05) is 6.07 Å². The van der Waals surface area contributed by atoms with Crippen LogP contribution < -0.4 is 0 Å². The van der Waals surface area contributed by atoms with E-state index >= 15 is 0 Å². The fraction of sp³-hybridized carbons (Fsp3) is 0.769. The van der Waals surface area contributed by atoms with Gasteiger partial charge in [0.15, 0.2) is 6.29 Å². The monoisotopic (exact) mass is 404 g/mol. The van der Waals surface area contributed by atoms with Crippen LogP contribution in [0.2, 0.25) is 0 Å². The van der Waals surface area contributed by atoms with Gasteiger partial charge in [-0.15, -0.1) is 0 Å². The number of rotatable bonds is 10. The Morgan fingerprint density at radius 3 is 2.28 bits per heavy atom. The molecule has 1 heterocycles. The van der Waals surface area contributed by atoms with Crippen molar-refractivity contribution in [3.8, 4) is 0 Å². The highest BCUT2D eigenvalue weighted by Crippen LogP contribution is 2.38. The predicted molar refractivity (Wildman–Crippen MR) is 118 cm³/mol. The molecule has 0 atom stereocenters. The van der Waals surface area contributed by atoms with Crippen LogP contribution in [0.4, 0.5) is 4.39 Å². The Morgan fingerprint density at radius 1 is 0.862 bits per heavy atom. The molecule has 0 bridgehead atoms. The molecule has 29 heavy (non-hydrogen) atoms. The van der Waals surface area contributed by atoms with Crippen molar-refractivity contribution in [1.29, 1.82) is 0 Å². The Hall–Kier alpha value is -0.930. The van der Waals surface area contributed by atoms with Crippen LogP contribution in [0.3, 0.4) is 0 Å². The number of halogens is 1. The third-order valence-corrected chi connectivity index (χ3v) is 6.97. The molecule has 0 radical (unpaired) electrons. The largest absolute Gasteiger partial charge is 0.352 e. The third-order valence-electron chi connectivity index (χ3n) is 6.97. The molecule has 1 saturated heterocycles. The lowest BCUT2D eigenvalue weighted by molar-refractivity contribution is -0.203. The van der Waals surface area contributed by atoms with Crippen LogP contribution in [0.25, 0.3) is 0 Å². The Morgan fingerprint density at radius 2 is 1.62 bits per heavy atom. The molecule has 0 unspecified atom stereocenters. The summed E-state index contributed by atoms with van der Waals surface area (Å²) in [7, 11) is 0. The average molecular weight is 405 g/mol. The molecule has 0 N–H and O–H groups in total.